The summed E-state index contributed by atoms with van der Waals surface area (Å²) in [6.07, 6.45) is 0.572. The number of aromatic amines is 1. The van der Waals surface area contributed by atoms with Gasteiger partial charge in [0.05, 0.1) is 0 Å². The smallest absolute Gasteiger partial charge is 0.195 e. The number of nitrogens with zero attached hydrogens (tertiary/aromatic N) is 1. The van der Waals surface area contributed by atoms with Crippen molar-refractivity contribution in [3.63, 3.8) is 0 Å². The summed E-state index contributed by atoms with van der Waals surface area (Å²) in [6, 6.07) is 4.26. The van der Waals surface area contributed by atoms with E-state index in [1.807, 2.05) is 19.0 Å². The maximum Gasteiger partial charge on any atom is 0.195 e. The van der Waals surface area contributed by atoms with Crippen LogP contribution in [0.5, 0.6) is 0 Å². The van der Waals surface area contributed by atoms with E-state index >= 15 is 0 Å². The molecule has 2 aromatic rings. The summed E-state index contributed by atoms with van der Waals surface area (Å²) in [5.41, 5.74) is 1.20. The summed E-state index contributed by atoms with van der Waals surface area (Å²) in [4.78, 5) is 4.60. The zero-order chi connectivity index (χ0) is 11.7. The summed E-state index contributed by atoms with van der Waals surface area (Å²) >= 11 is 0. The van der Waals surface area contributed by atoms with Crippen molar-refractivity contribution in [2.45, 2.75) is 6.42 Å². The van der Waals surface area contributed by atoms with Crippen LogP contribution in [0.4, 0.5) is 8.78 Å². The number of hydrogen-bond acceptors (Lipinski definition) is 1. The molecule has 86 valence electrons. The van der Waals surface area contributed by atoms with Gasteiger partial charge in [0.2, 0.25) is 0 Å². The first-order valence-electron chi connectivity index (χ1n) is 5.18. The third-order valence-corrected chi connectivity index (χ3v) is 2.63. The Labute approximate surface area is 92.9 Å². The number of aromatic nitrogens is 1. The van der Waals surface area contributed by atoms with Crippen molar-refractivity contribution >= 4 is 10.9 Å². The first-order valence-corrected chi connectivity index (χ1v) is 5.18. The van der Waals surface area contributed by atoms with Crippen LogP contribution in [0, 0.1) is 11.8 Å². The molecular weight excluding hydrogens is 210 g/mol. The summed E-state index contributed by atoms with van der Waals surface area (Å²) in [6.45, 7) is 0.736. The molecule has 0 saturated heterocycles. The SMILES string of the molecule is CN(C)CCc1c(F)[nH]c2ccc(F)cc12. The van der Waals surface area contributed by atoms with Crippen molar-refractivity contribution in [2.24, 2.45) is 0 Å². The molecular formula is C12H14F2N2. The van der Waals surface area contributed by atoms with Crippen LogP contribution in [0.3, 0.4) is 0 Å². The molecule has 1 aromatic heterocycles. The minimum atomic E-state index is -0.359. The number of hydrogen-bond donors (Lipinski definition) is 1. The van der Waals surface area contributed by atoms with Crippen LogP contribution in [0.25, 0.3) is 10.9 Å². The molecule has 0 bridgehead atoms. The van der Waals surface area contributed by atoms with Gasteiger partial charge in [0, 0.05) is 23.0 Å². The molecule has 0 aliphatic carbocycles. The maximum absolute atomic E-state index is 13.6. The Morgan fingerprint density at radius 2 is 2.00 bits per heavy atom. The van der Waals surface area contributed by atoms with Gasteiger partial charge in [-0.25, -0.2) is 4.39 Å². The molecule has 1 N–H and O–H groups in total. The molecule has 1 aromatic carbocycles. The second-order valence-electron chi connectivity index (χ2n) is 4.16. The fourth-order valence-electron chi connectivity index (χ4n) is 1.77. The van der Waals surface area contributed by atoms with Gasteiger partial charge in [-0.15, -0.1) is 0 Å². The third-order valence-electron chi connectivity index (χ3n) is 2.63. The first kappa shape index (κ1) is 11.1. The molecule has 0 aliphatic heterocycles. The van der Waals surface area contributed by atoms with Gasteiger partial charge < -0.3 is 9.88 Å². The van der Waals surface area contributed by atoms with E-state index in [-0.39, 0.29) is 11.8 Å². The van der Waals surface area contributed by atoms with Gasteiger partial charge in [0.15, 0.2) is 5.95 Å². The Balaban J connectivity index is 2.42. The molecule has 16 heavy (non-hydrogen) atoms. The molecule has 0 spiro atoms. The van der Waals surface area contributed by atoms with E-state index in [9.17, 15) is 8.78 Å². The lowest BCUT2D eigenvalue weighted by atomic mass is 10.1. The lowest BCUT2D eigenvalue weighted by Gasteiger charge is -2.08. The Morgan fingerprint density at radius 1 is 1.25 bits per heavy atom. The monoisotopic (exact) mass is 224 g/mol. The van der Waals surface area contributed by atoms with E-state index in [1.54, 1.807) is 6.07 Å². The van der Waals surface area contributed by atoms with Crippen LogP contribution >= 0.6 is 0 Å². The van der Waals surface area contributed by atoms with Crippen molar-refractivity contribution in [1.82, 2.24) is 9.88 Å². The molecule has 0 fully saturated rings. The Kier molecular flexibility index (Phi) is 2.92. The van der Waals surface area contributed by atoms with E-state index in [1.165, 1.54) is 12.1 Å². The van der Waals surface area contributed by atoms with Gasteiger partial charge in [0.25, 0.3) is 0 Å². The molecule has 0 radical (unpaired) electrons. The Morgan fingerprint density at radius 3 is 2.69 bits per heavy atom. The predicted molar refractivity (Wildman–Crippen MR) is 60.5 cm³/mol. The van der Waals surface area contributed by atoms with E-state index in [0.29, 0.717) is 22.9 Å². The molecule has 2 nitrogen and oxygen atoms in total. The lowest BCUT2D eigenvalue weighted by Crippen LogP contribution is -2.15. The van der Waals surface area contributed by atoms with Crippen LogP contribution in [0.1, 0.15) is 5.56 Å². The molecule has 0 saturated carbocycles. The quantitative estimate of drug-likeness (QED) is 0.848. The normalized spacial score (nSPS) is 11.6. The number of rotatable bonds is 3. The second-order valence-corrected chi connectivity index (χ2v) is 4.16. The van der Waals surface area contributed by atoms with E-state index in [0.717, 1.165) is 6.54 Å². The van der Waals surface area contributed by atoms with Crippen LogP contribution in [0.2, 0.25) is 0 Å². The average Bonchev–Trinajstić information content (AvgIpc) is 2.51. The lowest BCUT2D eigenvalue weighted by molar-refractivity contribution is 0.410. The maximum atomic E-state index is 13.6. The molecule has 2 rings (SSSR count). The van der Waals surface area contributed by atoms with E-state index in [2.05, 4.69) is 4.98 Å². The van der Waals surface area contributed by atoms with Gasteiger partial charge in [0.1, 0.15) is 5.82 Å². The van der Waals surface area contributed by atoms with Crippen molar-refractivity contribution in [1.29, 1.82) is 0 Å². The van der Waals surface area contributed by atoms with Crippen LogP contribution in [0.15, 0.2) is 18.2 Å². The summed E-state index contributed by atoms with van der Waals surface area (Å²) in [5.74, 6) is -0.694. The highest BCUT2D eigenvalue weighted by molar-refractivity contribution is 5.83. The molecule has 0 unspecified atom stereocenters. The van der Waals surface area contributed by atoms with Gasteiger partial charge in [-0.3, -0.25) is 0 Å². The van der Waals surface area contributed by atoms with Crippen LogP contribution in [-0.4, -0.2) is 30.5 Å². The minimum absolute atomic E-state index is 0.336. The zero-order valence-corrected chi connectivity index (χ0v) is 9.35. The number of halogens is 2. The third kappa shape index (κ3) is 2.07. The number of likely N-dealkylation sites (N-methyl/N-ethyl adjacent to an activating group) is 1. The topological polar surface area (TPSA) is 19.0 Å². The first-order chi connectivity index (χ1) is 7.58. The van der Waals surface area contributed by atoms with E-state index < -0.39 is 0 Å². The highest BCUT2D eigenvalue weighted by atomic mass is 19.1. The van der Waals surface area contributed by atoms with Gasteiger partial charge in [-0.2, -0.15) is 4.39 Å². The fraction of sp³-hybridized carbons (Fsp3) is 0.333. The van der Waals surface area contributed by atoms with Crippen molar-refractivity contribution < 1.29 is 8.78 Å². The standard InChI is InChI=1S/C12H14F2N2/c1-16(2)6-5-9-10-7-8(13)3-4-11(10)15-12(9)14/h3-4,7,15H,5-6H2,1-2H3. The minimum Gasteiger partial charge on any atom is -0.331 e. The van der Waals surface area contributed by atoms with Crippen LogP contribution in [-0.2, 0) is 6.42 Å². The molecule has 1 heterocycles. The average molecular weight is 224 g/mol. The fourth-order valence-corrected chi connectivity index (χ4v) is 1.77. The summed E-state index contributed by atoms with van der Waals surface area (Å²) in [5, 5.41) is 0.638. The van der Waals surface area contributed by atoms with Crippen molar-refractivity contribution in [3.05, 3.63) is 35.5 Å². The van der Waals surface area contributed by atoms with Gasteiger partial charge in [-0.05, 0) is 38.7 Å². The number of fused-ring (bicyclic) bond motifs is 1. The highest BCUT2D eigenvalue weighted by Gasteiger charge is 2.11. The van der Waals surface area contributed by atoms with Crippen molar-refractivity contribution in [3.8, 4) is 0 Å². The van der Waals surface area contributed by atoms with E-state index in [4.69, 9.17) is 0 Å². The second kappa shape index (κ2) is 4.22. The summed E-state index contributed by atoms with van der Waals surface area (Å²) in [7, 11) is 3.85. The van der Waals surface area contributed by atoms with Gasteiger partial charge in [-0.1, -0.05) is 0 Å². The molecule has 0 aliphatic rings. The van der Waals surface area contributed by atoms with Gasteiger partial charge >= 0.3 is 0 Å². The van der Waals surface area contributed by atoms with Crippen LogP contribution < -0.4 is 0 Å². The zero-order valence-electron chi connectivity index (χ0n) is 9.35. The Bertz CT molecular complexity index is 503. The Hall–Kier alpha value is -1.42. The molecule has 0 amide bonds. The largest absolute Gasteiger partial charge is 0.331 e. The number of benzene rings is 1. The highest BCUT2D eigenvalue weighted by Crippen LogP contribution is 2.22. The molecule has 0 atom stereocenters. The number of H-pyrrole nitrogens is 1. The predicted octanol–water partition coefficient (Wildman–Crippen LogP) is 2.55. The van der Waals surface area contributed by atoms with Crippen molar-refractivity contribution in [2.75, 3.05) is 20.6 Å². The summed E-state index contributed by atoms with van der Waals surface area (Å²) < 4.78 is 26.7. The number of nitrogens with one attached hydrogen (secondary N) is 1. The molecule has 4 heteroatoms.